The molecule has 90 valence electrons. The lowest BCUT2D eigenvalue weighted by atomic mass is 9.97. The molecule has 1 heterocycles. The summed E-state index contributed by atoms with van der Waals surface area (Å²) in [5.74, 6) is -0.148. The fourth-order valence-electron chi connectivity index (χ4n) is 2.02. The van der Waals surface area contributed by atoms with Crippen molar-refractivity contribution in [3.63, 3.8) is 0 Å². The second-order valence-electron chi connectivity index (χ2n) is 4.24. The fourth-order valence-corrected chi connectivity index (χ4v) is 2.89. The molecule has 3 heteroatoms. The van der Waals surface area contributed by atoms with Crippen molar-refractivity contribution in [3.05, 3.63) is 57.0 Å². The number of benzene rings is 1. The maximum atomic E-state index is 13.3. The Bertz CT molecular complexity index is 519. The van der Waals surface area contributed by atoms with Crippen molar-refractivity contribution in [2.24, 2.45) is 0 Å². The second kappa shape index (κ2) is 4.98. The summed E-state index contributed by atoms with van der Waals surface area (Å²) in [5, 5.41) is 7.58. The van der Waals surface area contributed by atoms with Gasteiger partial charge in [-0.1, -0.05) is 12.1 Å². The van der Waals surface area contributed by atoms with Gasteiger partial charge in [0.25, 0.3) is 0 Å². The highest BCUT2D eigenvalue weighted by Gasteiger charge is 2.15. The Morgan fingerprint density at radius 1 is 1.18 bits per heavy atom. The molecule has 1 nitrogen and oxygen atoms in total. The van der Waals surface area contributed by atoms with Crippen LogP contribution in [-0.2, 0) is 0 Å². The molecule has 0 radical (unpaired) electrons. The van der Waals surface area contributed by atoms with Crippen LogP contribution < -0.4 is 5.32 Å². The molecule has 1 atom stereocenters. The zero-order chi connectivity index (χ0) is 12.4. The van der Waals surface area contributed by atoms with E-state index < -0.39 is 0 Å². The molecular formula is C14H16FNS. The summed E-state index contributed by atoms with van der Waals surface area (Å²) in [6.07, 6.45) is 0. The topological polar surface area (TPSA) is 12.0 Å². The average Bonchev–Trinajstić information content (AvgIpc) is 2.71. The van der Waals surface area contributed by atoms with Crippen LogP contribution in [0.25, 0.3) is 0 Å². The summed E-state index contributed by atoms with van der Waals surface area (Å²) in [4.78, 5) is 0. The summed E-state index contributed by atoms with van der Waals surface area (Å²) >= 11 is 1.70. The molecule has 2 aromatic rings. The largest absolute Gasteiger partial charge is 0.309 e. The van der Waals surface area contributed by atoms with Gasteiger partial charge < -0.3 is 5.32 Å². The van der Waals surface area contributed by atoms with E-state index in [1.165, 1.54) is 17.2 Å². The van der Waals surface area contributed by atoms with Gasteiger partial charge in [-0.25, -0.2) is 4.39 Å². The SMILES string of the molecule is CNC(c1ccc(F)c(C)c1)c1cscc1C. The van der Waals surface area contributed by atoms with Gasteiger partial charge in [-0.15, -0.1) is 0 Å². The van der Waals surface area contributed by atoms with E-state index in [4.69, 9.17) is 0 Å². The van der Waals surface area contributed by atoms with Crippen LogP contribution in [-0.4, -0.2) is 7.05 Å². The normalized spacial score (nSPS) is 12.7. The first-order valence-corrected chi connectivity index (χ1v) is 6.53. The highest BCUT2D eigenvalue weighted by molar-refractivity contribution is 7.08. The molecule has 0 saturated carbocycles. The molecule has 0 bridgehead atoms. The molecule has 0 fully saturated rings. The number of halogens is 1. The standard InChI is InChI=1S/C14H16FNS/c1-9-6-11(4-5-13(9)15)14(16-3)12-8-17-7-10(12)2/h4-8,14,16H,1-3H3. The highest BCUT2D eigenvalue weighted by Crippen LogP contribution is 2.28. The molecule has 1 unspecified atom stereocenters. The summed E-state index contributed by atoms with van der Waals surface area (Å²) in [6.45, 7) is 3.90. The Kier molecular flexibility index (Phi) is 3.60. The monoisotopic (exact) mass is 249 g/mol. The molecule has 0 spiro atoms. The van der Waals surface area contributed by atoms with Gasteiger partial charge in [-0.3, -0.25) is 0 Å². The minimum absolute atomic E-state index is 0.139. The Hall–Kier alpha value is -1.19. The van der Waals surface area contributed by atoms with Gasteiger partial charge in [0.2, 0.25) is 0 Å². The van der Waals surface area contributed by atoms with Gasteiger partial charge in [0.1, 0.15) is 5.82 Å². The maximum Gasteiger partial charge on any atom is 0.126 e. The van der Waals surface area contributed by atoms with Gasteiger partial charge in [-0.2, -0.15) is 11.3 Å². The summed E-state index contributed by atoms with van der Waals surface area (Å²) in [7, 11) is 1.93. The molecule has 2 rings (SSSR count). The van der Waals surface area contributed by atoms with Crippen molar-refractivity contribution in [3.8, 4) is 0 Å². The van der Waals surface area contributed by atoms with E-state index in [0.29, 0.717) is 5.56 Å². The number of hydrogen-bond donors (Lipinski definition) is 1. The quantitative estimate of drug-likeness (QED) is 0.872. The van der Waals surface area contributed by atoms with Gasteiger partial charge in [0.05, 0.1) is 6.04 Å². The number of nitrogens with one attached hydrogen (secondary N) is 1. The second-order valence-corrected chi connectivity index (χ2v) is 4.98. The van der Waals surface area contributed by atoms with Crippen LogP contribution >= 0.6 is 11.3 Å². The van der Waals surface area contributed by atoms with E-state index >= 15 is 0 Å². The Labute approximate surface area is 105 Å². The molecule has 0 amide bonds. The van der Waals surface area contributed by atoms with Crippen molar-refractivity contribution in [1.82, 2.24) is 5.32 Å². The summed E-state index contributed by atoms with van der Waals surface area (Å²) in [6, 6.07) is 5.44. The Morgan fingerprint density at radius 2 is 1.94 bits per heavy atom. The minimum atomic E-state index is -0.148. The lowest BCUT2D eigenvalue weighted by Crippen LogP contribution is -2.18. The summed E-state index contributed by atoms with van der Waals surface area (Å²) < 4.78 is 13.3. The van der Waals surface area contributed by atoms with E-state index in [1.807, 2.05) is 19.2 Å². The van der Waals surface area contributed by atoms with E-state index in [0.717, 1.165) is 5.56 Å². The van der Waals surface area contributed by atoms with Crippen molar-refractivity contribution in [2.45, 2.75) is 19.9 Å². The Morgan fingerprint density at radius 3 is 2.47 bits per heavy atom. The fraction of sp³-hybridized carbons (Fsp3) is 0.286. The van der Waals surface area contributed by atoms with E-state index in [9.17, 15) is 4.39 Å². The van der Waals surface area contributed by atoms with Crippen molar-refractivity contribution >= 4 is 11.3 Å². The third kappa shape index (κ3) is 2.40. The van der Waals surface area contributed by atoms with E-state index in [2.05, 4.69) is 23.0 Å². The average molecular weight is 249 g/mol. The zero-order valence-corrected chi connectivity index (χ0v) is 11.1. The van der Waals surface area contributed by atoms with Crippen LogP contribution in [0.4, 0.5) is 4.39 Å². The lowest BCUT2D eigenvalue weighted by Gasteiger charge is -2.17. The molecule has 0 aliphatic rings. The maximum absolute atomic E-state index is 13.3. The van der Waals surface area contributed by atoms with E-state index in [-0.39, 0.29) is 11.9 Å². The number of hydrogen-bond acceptors (Lipinski definition) is 2. The molecule has 0 aliphatic heterocycles. The van der Waals surface area contributed by atoms with Crippen molar-refractivity contribution in [2.75, 3.05) is 7.05 Å². The first-order valence-electron chi connectivity index (χ1n) is 5.59. The zero-order valence-electron chi connectivity index (χ0n) is 10.3. The predicted molar refractivity (Wildman–Crippen MR) is 71.1 cm³/mol. The lowest BCUT2D eigenvalue weighted by molar-refractivity contribution is 0.614. The molecule has 1 N–H and O–H groups in total. The van der Waals surface area contributed by atoms with Crippen LogP contribution in [0.1, 0.15) is 28.3 Å². The highest BCUT2D eigenvalue weighted by atomic mass is 32.1. The smallest absolute Gasteiger partial charge is 0.126 e. The first-order chi connectivity index (χ1) is 8.13. The van der Waals surface area contributed by atoms with Gasteiger partial charge in [0, 0.05) is 0 Å². The van der Waals surface area contributed by atoms with Gasteiger partial charge >= 0.3 is 0 Å². The third-order valence-electron chi connectivity index (χ3n) is 3.01. The van der Waals surface area contributed by atoms with Crippen LogP contribution in [0.2, 0.25) is 0 Å². The van der Waals surface area contributed by atoms with Crippen molar-refractivity contribution in [1.29, 1.82) is 0 Å². The molecular weight excluding hydrogens is 233 g/mol. The van der Waals surface area contributed by atoms with Crippen LogP contribution in [0.5, 0.6) is 0 Å². The molecule has 1 aromatic carbocycles. The van der Waals surface area contributed by atoms with Crippen LogP contribution in [0.3, 0.4) is 0 Å². The minimum Gasteiger partial charge on any atom is -0.309 e. The van der Waals surface area contributed by atoms with Gasteiger partial charge in [-0.05, 0) is 60.0 Å². The number of thiophene rings is 1. The van der Waals surface area contributed by atoms with Gasteiger partial charge in [0.15, 0.2) is 0 Å². The van der Waals surface area contributed by atoms with E-state index in [1.54, 1.807) is 18.3 Å². The first kappa shape index (κ1) is 12.3. The Balaban J connectivity index is 2.42. The molecule has 0 saturated heterocycles. The number of aryl methyl sites for hydroxylation is 2. The third-order valence-corrected chi connectivity index (χ3v) is 3.89. The van der Waals surface area contributed by atoms with Crippen molar-refractivity contribution < 1.29 is 4.39 Å². The molecule has 17 heavy (non-hydrogen) atoms. The summed E-state index contributed by atoms with van der Waals surface area (Å²) in [5.41, 5.74) is 4.34. The molecule has 1 aromatic heterocycles. The van der Waals surface area contributed by atoms with Crippen LogP contribution in [0.15, 0.2) is 29.0 Å². The predicted octanol–water partition coefficient (Wildman–Crippen LogP) is 3.81. The van der Waals surface area contributed by atoms with Crippen LogP contribution in [0, 0.1) is 19.7 Å². The molecule has 0 aliphatic carbocycles. The number of rotatable bonds is 3.